The smallest absolute Gasteiger partial charge is 0.387 e. The molecule has 2 aliphatic rings. The maximum Gasteiger partial charge on any atom is 0.387 e. The highest BCUT2D eigenvalue weighted by Gasteiger charge is 2.26. The van der Waals surface area contributed by atoms with E-state index in [2.05, 4.69) is 15.0 Å². The predicted molar refractivity (Wildman–Crippen MR) is 86.5 cm³/mol. The quantitative estimate of drug-likeness (QED) is 0.850. The first kappa shape index (κ1) is 16.0. The monoisotopic (exact) mass is 338 g/mol. The van der Waals surface area contributed by atoms with Gasteiger partial charge in [0.05, 0.1) is 10.9 Å². The topological polar surface area (TPSA) is 50.7 Å². The molecule has 1 aromatic rings. The van der Waals surface area contributed by atoms with Gasteiger partial charge in [-0.1, -0.05) is 31.0 Å². The number of nitrogens with one attached hydrogen (secondary N) is 1. The molecule has 1 N–H and O–H groups in total. The van der Waals surface area contributed by atoms with Crippen LogP contribution in [0, 0.1) is 0 Å². The largest absolute Gasteiger partial charge is 0.434 e. The number of para-hydroxylation sites is 1. The van der Waals surface area contributed by atoms with Crippen LogP contribution in [0.25, 0.3) is 6.08 Å². The Hall–Kier alpha value is -1.89. The number of hydrogen-bond acceptors (Lipinski definition) is 4. The van der Waals surface area contributed by atoms with Gasteiger partial charge in [0.15, 0.2) is 5.17 Å². The molecule has 1 aliphatic carbocycles. The maximum atomic E-state index is 12.4. The van der Waals surface area contributed by atoms with E-state index in [4.69, 9.17) is 0 Å². The summed E-state index contributed by atoms with van der Waals surface area (Å²) >= 11 is 1.24. The first-order valence-corrected chi connectivity index (χ1v) is 8.26. The van der Waals surface area contributed by atoms with Crippen molar-refractivity contribution >= 4 is 28.9 Å². The van der Waals surface area contributed by atoms with Gasteiger partial charge in [0.25, 0.3) is 5.91 Å². The zero-order chi connectivity index (χ0) is 16.2. The molecule has 0 aromatic heterocycles. The molecule has 2 fully saturated rings. The van der Waals surface area contributed by atoms with Crippen LogP contribution in [-0.4, -0.2) is 23.7 Å². The Morgan fingerprint density at radius 3 is 2.78 bits per heavy atom. The molecule has 1 saturated heterocycles. The first-order chi connectivity index (χ1) is 11.1. The summed E-state index contributed by atoms with van der Waals surface area (Å²) in [6, 6.07) is 6.66. The van der Waals surface area contributed by atoms with Crippen molar-refractivity contribution in [3.63, 3.8) is 0 Å². The van der Waals surface area contributed by atoms with E-state index in [0.717, 1.165) is 12.8 Å². The highest BCUT2D eigenvalue weighted by atomic mass is 32.2. The van der Waals surface area contributed by atoms with Gasteiger partial charge in [-0.3, -0.25) is 9.79 Å². The summed E-state index contributed by atoms with van der Waals surface area (Å²) in [5, 5.41) is 3.31. The average molecular weight is 338 g/mol. The number of rotatable bonds is 4. The Balaban J connectivity index is 1.79. The number of benzene rings is 1. The molecular weight excluding hydrogens is 322 g/mol. The number of thioether (sulfide) groups is 1. The lowest BCUT2D eigenvalue weighted by atomic mass is 10.2. The van der Waals surface area contributed by atoms with E-state index in [-0.39, 0.29) is 17.7 Å². The number of carbonyl (C=O) groups excluding carboxylic acids is 1. The van der Waals surface area contributed by atoms with E-state index in [0.29, 0.717) is 15.6 Å². The van der Waals surface area contributed by atoms with Gasteiger partial charge in [0, 0.05) is 5.56 Å². The number of ether oxygens (including phenoxy) is 1. The van der Waals surface area contributed by atoms with Crippen LogP contribution >= 0.6 is 11.8 Å². The molecule has 7 heteroatoms. The second kappa shape index (κ2) is 7.12. The second-order valence-corrected chi connectivity index (χ2v) is 6.38. The highest BCUT2D eigenvalue weighted by Crippen LogP contribution is 2.31. The van der Waals surface area contributed by atoms with Crippen molar-refractivity contribution in [2.75, 3.05) is 0 Å². The van der Waals surface area contributed by atoms with Crippen molar-refractivity contribution in [2.24, 2.45) is 4.99 Å². The number of alkyl halides is 2. The Bertz CT molecular complexity index is 655. The zero-order valence-electron chi connectivity index (χ0n) is 12.3. The Morgan fingerprint density at radius 1 is 1.30 bits per heavy atom. The molecule has 1 amide bonds. The van der Waals surface area contributed by atoms with E-state index in [9.17, 15) is 13.6 Å². The Morgan fingerprint density at radius 2 is 2.04 bits per heavy atom. The first-order valence-electron chi connectivity index (χ1n) is 7.44. The number of halogens is 2. The molecule has 0 bridgehead atoms. The summed E-state index contributed by atoms with van der Waals surface area (Å²) in [5.41, 5.74) is 0.438. The van der Waals surface area contributed by atoms with E-state index in [1.807, 2.05) is 0 Å². The fraction of sp³-hybridized carbons (Fsp3) is 0.375. The minimum atomic E-state index is -2.90. The van der Waals surface area contributed by atoms with Crippen molar-refractivity contribution in [1.29, 1.82) is 0 Å². The molecule has 1 aliphatic heterocycles. The molecular formula is C16H16F2N2O2S. The molecule has 4 nitrogen and oxygen atoms in total. The zero-order valence-corrected chi connectivity index (χ0v) is 13.1. The van der Waals surface area contributed by atoms with Crippen molar-refractivity contribution in [1.82, 2.24) is 5.32 Å². The summed E-state index contributed by atoms with van der Waals surface area (Å²) in [6.45, 7) is -2.90. The van der Waals surface area contributed by atoms with E-state index in [1.54, 1.807) is 24.3 Å². The molecule has 0 unspecified atom stereocenters. The summed E-state index contributed by atoms with van der Waals surface area (Å²) in [4.78, 5) is 17.0. The molecule has 3 rings (SSSR count). The number of amides is 1. The Kier molecular flexibility index (Phi) is 4.95. The predicted octanol–water partition coefficient (Wildman–Crippen LogP) is 3.79. The van der Waals surface area contributed by atoms with Crippen LogP contribution in [0.5, 0.6) is 5.75 Å². The molecule has 1 heterocycles. The van der Waals surface area contributed by atoms with Crippen LogP contribution in [0.4, 0.5) is 8.78 Å². The van der Waals surface area contributed by atoms with Crippen LogP contribution in [-0.2, 0) is 4.79 Å². The van der Waals surface area contributed by atoms with Crippen molar-refractivity contribution in [2.45, 2.75) is 38.3 Å². The van der Waals surface area contributed by atoms with Crippen LogP contribution < -0.4 is 10.1 Å². The lowest BCUT2D eigenvalue weighted by molar-refractivity contribution is -0.115. The summed E-state index contributed by atoms with van der Waals surface area (Å²) in [6.07, 6.45) is 5.98. The molecule has 1 aromatic carbocycles. The lowest BCUT2D eigenvalue weighted by Gasteiger charge is -2.07. The van der Waals surface area contributed by atoms with Gasteiger partial charge in [0.2, 0.25) is 0 Å². The fourth-order valence-corrected chi connectivity index (χ4v) is 3.52. The third-order valence-corrected chi connectivity index (χ3v) is 4.62. The minimum absolute atomic E-state index is 0.0459. The highest BCUT2D eigenvalue weighted by molar-refractivity contribution is 8.18. The number of amidine groups is 1. The SMILES string of the molecule is O=C1NC(=NC2CCCC2)SC1=Cc1ccccc1OC(F)F. The molecule has 122 valence electrons. The maximum absolute atomic E-state index is 12.4. The summed E-state index contributed by atoms with van der Waals surface area (Å²) < 4.78 is 29.3. The number of carbonyl (C=O) groups is 1. The molecule has 0 radical (unpaired) electrons. The summed E-state index contributed by atoms with van der Waals surface area (Å²) in [5.74, 6) is -0.219. The van der Waals surface area contributed by atoms with Gasteiger partial charge in [-0.2, -0.15) is 8.78 Å². The van der Waals surface area contributed by atoms with Crippen molar-refractivity contribution in [3.8, 4) is 5.75 Å². The third-order valence-electron chi connectivity index (χ3n) is 3.70. The minimum Gasteiger partial charge on any atom is -0.434 e. The number of aliphatic imine (C=N–C) groups is 1. The standard InChI is InChI=1S/C16H16F2N2O2S/c17-15(18)22-12-8-4-1-5-10(12)9-13-14(21)20-16(23-13)19-11-6-2-3-7-11/h1,4-5,8-9,11,15H,2-3,6-7H2,(H,19,20,21). The van der Waals surface area contributed by atoms with Gasteiger partial charge in [-0.15, -0.1) is 0 Å². The van der Waals surface area contributed by atoms with Gasteiger partial charge in [-0.05, 0) is 36.7 Å². The normalized spacial score (nSPS) is 22.3. The van der Waals surface area contributed by atoms with Crippen molar-refractivity contribution in [3.05, 3.63) is 34.7 Å². The van der Waals surface area contributed by atoms with Crippen LogP contribution in [0.1, 0.15) is 31.2 Å². The van der Waals surface area contributed by atoms with Gasteiger partial charge >= 0.3 is 6.61 Å². The molecule has 23 heavy (non-hydrogen) atoms. The van der Waals surface area contributed by atoms with Crippen LogP contribution in [0.2, 0.25) is 0 Å². The van der Waals surface area contributed by atoms with Crippen molar-refractivity contribution < 1.29 is 18.3 Å². The van der Waals surface area contributed by atoms with Crippen LogP contribution in [0.3, 0.4) is 0 Å². The molecule has 1 saturated carbocycles. The van der Waals surface area contributed by atoms with Gasteiger partial charge in [-0.25, -0.2) is 0 Å². The molecule has 0 spiro atoms. The van der Waals surface area contributed by atoms with Gasteiger partial charge < -0.3 is 10.1 Å². The second-order valence-electron chi connectivity index (χ2n) is 5.35. The third kappa shape index (κ3) is 4.10. The average Bonchev–Trinajstić information content (AvgIpc) is 3.11. The number of nitrogens with zero attached hydrogens (tertiary/aromatic N) is 1. The van der Waals surface area contributed by atoms with E-state index < -0.39 is 6.61 Å². The fourth-order valence-electron chi connectivity index (χ4n) is 2.63. The summed E-state index contributed by atoms with van der Waals surface area (Å²) in [7, 11) is 0. The van der Waals surface area contributed by atoms with Crippen LogP contribution in [0.15, 0.2) is 34.2 Å². The number of hydrogen-bond donors (Lipinski definition) is 1. The van der Waals surface area contributed by atoms with E-state index in [1.165, 1.54) is 30.7 Å². The Labute approximate surface area is 137 Å². The lowest BCUT2D eigenvalue weighted by Crippen LogP contribution is -2.21. The van der Waals surface area contributed by atoms with Gasteiger partial charge in [0.1, 0.15) is 5.75 Å². The van der Waals surface area contributed by atoms with E-state index >= 15 is 0 Å². The molecule has 0 atom stereocenters.